The highest BCUT2D eigenvalue weighted by atomic mass is 35.5. The summed E-state index contributed by atoms with van der Waals surface area (Å²) in [6.07, 6.45) is 2.27. The molecule has 3 N–H and O–H groups in total. The summed E-state index contributed by atoms with van der Waals surface area (Å²) < 4.78 is 0. The molecule has 1 aromatic heterocycles. The molecule has 2 aromatic rings. The van der Waals surface area contributed by atoms with Gasteiger partial charge >= 0.3 is 0 Å². The summed E-state index contributed by atoms with van der Waals surface area (Å²) in [7, 11) is 0. The van der Waals surface area contributed by atoms with Gasteiger partial charge in [0.1, 0.15) is 0 Å². The number of nitrogens with zero attached hydrogens (tertiary/aromatic N) is 3. The Morgan fingerprint density at radius 1 is 1.43 bits per heavy atom. The molecule has 3 rings (SSSR count). The van der Waals surface area contributed by atoms with Gasteiger partial charge in [0.25, 0.3) is 0 Å². The van der Waals surface area contributed by atoms with Crippen molar-refractivity contribution in [2.75, 3.05) is 24.5 Å². The number of nitrogens with one attached hydrogen (secondary N) is 1. The van der Waals surface area contributed by atoms with E-state index in [9.17, 15) is 0 Å². The van der Waals surface area contributed by atoms with Crippen molar-refractivity contribution in [2.45, 2.75) is 19.8 Å². The molecule has 0 bridgehead atoms. The Balaban J connectivity index is 1.84. The summed E-state index contributed by atoms with van der Waals surface area (Å²) in [5, 5.41) is 8.01. The van der Waals surface area contributed by atoms with Crippen LogP contribution in [0.4, 0.5) is 5.95 Å². The number of aromatic nitrogens is 3. The van der Waals surface area contributed by atoms with Crippen molar-refractivity contribution in [1.29, 1.82) is 0 Å². The number of anilines is 1. The molecule has 0 amide bonds. The van der Waals surface area contributed by atoms with E-state index in [1.54, 1.807) is 0 Å². The third-order valence-corrected chi connectivity index (χ3v) is 4.49. The van der Waals surface area contributed by atoms with Gasteiger partial charge in [0.15, 0.2) is 5.82 Å². The van der Waals surface area contributed by atoms with Crippen LogP contribution in [0.25, 0.3) is 11.4 Å². The molecule has 1 saturated heterocycles. The number of hydrogen-bond acceptors (Lipinski definition) is 4. The SMILES string of the molecule is CC1(CN)CCCN(c2n[nH]c(-c3ccccc3Cl)n2)C1. The van der Waals surface area contributed by atoms with Crippen LogP contribution in [-0.4, -0.2) is 34.8 Å². The van der Waals surface area contributed by atoms with Crippen molar-refractivity contribution in [3.05, 3.63) is 29.3 Å². The van der Waals surface area contributed by atoms with E-state index >= 15 is 0 Å². The van der Waals surface area contributed by atoms with Gasteiger partial charge in [0.05, 0.1) is 5.02 Å². The minimum atomic E-state index is 0.142. The van der Waals surface area contributed by atoms with E-state index in [1.807, 2.05) is 24.3 Å². The van der Waals surface area contributed by atoms with Gasteiger partial charge in [-0.25, -0.2) is 0 Å². The molecule has 6 heteroatoms. The molecule has 5 nitrogen and oxygen atoms in total. The van der Waals surface area contributed by atoms with E-state index in [-0.39, 0.29) is 5.41 Å². The minimum Gasteiger partial charge on any atom is -0.339 e. The lowest BCUT2D eigenvalue weighted by molar-refractivity contribution is 0.270. The molecule has 2 heterocycles. The van der Waals surface area contributed by atoms with E-state index in [1.165, 1.54) is 0 Å². The van der Waals surface area contributed by atoms with E-state index in [0.717, 1.165) is 37.4 Å². The molecule has 0 saturated carbocycles. The van der Waals surface area contributed by atoms with Crippen molar-refractivity contribution in [1.82, 2.24) is 15.2 Å². The first kappa shape index (κ1) is 14.4. The summed E-state index contributed by atoms with van der Waals surface area (Å²) in [4.78, 5) is 6.80. The maximum Gasteiger partial charge on any atom is 0.245 e. The van der Waals surface area contributed by atoms with Crippen LogP contribution in [0.3, 0.4) is 0 Å². The zero-order chi connectivity index (χ0) is 14.9. The van der Waals surface area contributed by atoms with Crippen LogP contribution in [0, 0.1) is 5.41 Å². The summed E-state index contributed by atoms with van der Waals surface area (Å²) >= 11 is 6.20. The Morgan fingerprint density at radius 2 is 2.24 bits per heavy atom. The van der Waals surface area contributed by atoms with Crippen LogP contribution in [0.15, 0.2) is 24.3 Å². The molecular weight excluding hydrogens is 286 g/mol. The van der Waals surface area contributed by atoms with Crippen LogP contribution in [-0.2, 0) is 0 Å². The van der Waals surface area contributed by atoms with Crippen molar-refractivity contribution in [2.24, 2.45) is 11.1 Å². The Bertz CT molecular complexity index is 626. The van der Waals surface area contributed by atoms with Gasteiger partial charge in [-0.3, -0.25) is 5.10 Å². The van der Waals surface area contributed by atoms with Crippen LogP contribution >= 0.6 is 11.6 Å². The molecule has 1 aromatic carbocycles. The van der Waals surface area contributed by atoms with Gasteiger partial charge in [0, 0.05) is 18.7 Å². The second kappa shape index (κ2) is 5.66. The van der Waals surface area contributed by atoms with Crippen molar-refractivity contribution in [3.8, 4) is 11.4 Å². The van der Waals surface area contributed by atoms with Crippen LogP contribution in [0.2, 0.25) is 5.02 Å². The summed E-state index contributed by atoms with van der Waals surface area (Å²) in [5.74, 6) is 1.43. The Labute approximate surface area is 129 Å². The van der Waals surface area contributed by atoms with Gasteiger partial charge < -0.3 is 10.6 Å². The molecule has 1 aliphatic heterocycles. The highest BCUT2D eigenvalue weighted by molar-refractivity contribution is 6.33. The number of nitrogens with two attached hydrogens (primary N) is 1. The third kappa shape index (κ3) is 2.89. The number of benzene rings is 1. The molecule has 1 atom stereocenters. The molecule has 0 radical (unpaired) electrons. The lowest BCUT2D eigenvalue weighted by Crippen LogP contribution is -2.46. The minimum absolute atomic E-state index is 0.142. The molecule has 1 fully saturated rings. The van der Waals surface area contributed by atoms with Crippen LogP contribution in [0.5, 0.6) is 0 Å². The Hall–Kier alpha value is -1.59. The van der Waals surface area contributed by atoms with Gasteiger partial charge in [0.2, 0.25) is 5.95 Å². The van der Waals surface area contributed by atoms with E-state index in [0.29, 0.717) is 17.4 Å². The number of rotatable bonds is 3. The standard InChI is InChI=1S/C15H20ClN5/c1-15(9-17)7-4-8-21(10-15)14-18-13(19-20-14)11-5-2-3-6-12(11)16/h2-3,5-6H,4,7-10,17H2,1H3,(H,18,19,20). The Kier molecular flexibility index (Phi) is 3.87. The second-order valence-electron chi connectivity index (χ2n) is 6.00. The van der Waals surface area contributed by atoms with Crippen molar-refractivity contribution < 1.29 is 0 Å². The van der Waals surface area contributed by atoms with Gasteiger partial charge in [-0.1, -0.05) is 30.7 Å². The first-order chi connectivity index (χ1) is 10.1. The zero-order valence-corrected chi connectivity index (χ0v) is 12.9. The first-order valence-electron chi connectivity index (χ1n) is 7.24. The average molecular weight is 306 g/mol. The molecule has 112 valence electrons. The van der Waals surface area contributed by atoms with Crippen molar-refractivity contribution in [3.63, 3.8) is 0 Å². The molecule has 1 unspecified atom stereocenters. The fourth-order valence-electron chi connectivity index (χ4n) is 2.82. The number of aromatic amines is 1. The van der Waals surface area contributed by atoms with Gasteiger partial charge in [-0.15, -0.1) is 5.10 Å². The molecular formula is C15H20ClN5. The van der Waals surface area contributed by atoms with E-state index in [2.05, 4.69) is 27.0 Å². The second-order valence-corrected chi connectivity index (χ2v) is 6.41. The predicted octanol–water partition coefficient (Wildman–Crippen LogP) is 2.69. The summed E-state index contributed by atoms with van der Waals surface area (Å²) in [5.41, 5.74) is 6.92. The fourth-order valence-corrected chi connectivity index (χ4v) is 3.05. The predicted molar refractivity (Wildman–Crippen MR) is 85.4 cm³/mol. The molecule has 21 heavy (non-hydrogen) atoms. The van der Waals surface area contributed by atoms with Gasteiger partial charge in [-0.05, 0) is 36.9 Å². The Morgan fingerprint density at radius 3 is 3.00 bits per heavy atom. The highest BCUT2D eigenvalue weighted by Gasteiger charge is 2.31. The van der Waals surface area contributed by atoms with E-state index < -0.39 is 0 Å². The largest absolute Gasteiger partial charge is 0.339 e. The lowest BCUT2D eigenvalue weighted by Gasteiger charge is -2.39. The number of piperidine rings is 1. The smallest absolute Gasteiger partial charge is 0.245 e. The van der Waals surface area contributed by atoms with Crippen LogP contribution in [0.1, 0.15) is 19.8 Å². The quantitative estimate of drug-likeness (QED) is 0.914. The molecule has 0 aliphatic carbocycles. The van der Waals surface area contributed by atoms with E-state index in [4.69, 9.17) is 17.3 Å². The third-order valence-electron chi connectivity index (χ3n) is 4.16. The highest BCUT2D eigenvalue weighted by Crippen LogP contribution is 2.31. The van der Waals surface area contributed by atoms with Gasteiger partial charge in [-0.2, -0.15) is 4.98 Å². The number of halogens is 1. The summed E-state index contributed by atoms with van der Waals surface area (Å²) in [6, 6.07) is 7.63. The molecule has 1 aliphatic rings. The normalized spacial score (nSPS) is 22.5. The average Bonchev–Trinajstić information content (AvgIpc) is 2.97. The maximum atomic E-state index is 6.20. The number of hydrogen-bond donors (Lipinski definition) is 2. The lowest BCUT2D eigenvalue weighted by atomic mass is 9.82. The van der Waals surface area contributed by atoms with Crippen LogP contribution < -0.4 is 10.6 Å². The summed E-state index contributed by atoms with van der Waals surface area (Å²) in [6.45, 7) is 4.77. The fraction of sp³-hybridized carbons (Fsp3) is 0.467. The topological polar surface area (TPSA) is 70.8 Å². The maximum absolute atomic E-state index is 6.20. The molecule has 0 spiro atoms. The monoisotopic (exact) mass is 305 g/mol. The zero-order valence-electron chi connectivity index (χ0n) is 12.1. The van der Waals surface area contributed by atoms with Crippen molar-refractivity contribution >= 4 is 17.5 Å². The first-order valence-corrected chi connectivity index (χ1v) is 7.61. The number of H-pyrrole nitrogens is 1.